The number of amides is 3. The molecule has 0 aliphatic carbocycles. The third kappa shape index (κ3) is 8.64. The van der Waals surface area contributed by atoms with Crippen molar-refractivity contribution in [1.29, 1.82) is 5.26 Å². The average molecular weight is 765 g/mol. The first kappa shape index (κ1) is 38.9. The van der Waals surface area contributed by atoms with E-state index in [4.69, 9.17) is 34.7 Å². The third-order valence-corrected chi connectivity index (χ3v) is 11.5. The highest BCUT2D eigenvalue weighted by molar-refractivity contribution is 7.84. The summed E-state index contributed by atoms with van der Waals surface area (Å²) in [6.45, 7) is 3.59. The summed E-state index contributed by atoms with van der Waals surface area (Å²) < 4.78 is 27.3. The second-order valence-electron chi connectivity index (χ2n) is 13.1. The molecule has 2 atom stereocenters. The average Bonchev–Trinajstić information content (AvgIpc) is 3.12. The summed E-state index contributed by atoms with van der Waals surface area (Å²) in [5.74, 6) is -2.78. The quantitative estimate of drug-likeness (QED) is 0.158. The van der Waals surface area contributed by atoms with Crippen molar-refractivity contribution in [2.24, 2.45) is 11.5 Å². The van der Waals surface area contributed by atoms with E-state index in [0.29, 0.717) is 83.0 Å². The standard InChI is InChI=1S/C39H40Cl2FN5O4S/c1-3-28-27(20-43)16-25-6-4-5-7-29(25)37(28)39(50)47(22-36(44)48)21-26(24-8-9-32(40)33(41)17-24)12-15-46-13-10-23(11-14-46)30-18-31(38(45)49)35(52(2)51)19-34(30)42/h4-9,16-19,23,26H,3,10-15,21-22H2,1-2H3,(H2,44,48)(H2,45,49). The number of piperidine rings is 1. The molecule has 52 heavy (non-hydrogen) atoms. The van der Waals surface area contributed by atoms with Gasteiger partial charge in [-0.05, 0) is 109 Å². The molecule has 9 nitrogen and oxygen atoms in total. The summed E-state index contributed by atoms with van der Waals surface area (Å²) in [6, 6.07) is 19.3. The number of nitrogens with two attached hydrogens (primary N) is 2. The van der Waals surface area contributed by atoms with E-state index in [2.05, 4.69) is 11.0 Å². The summed E-state index contributed by atoms with van der Waals surface area (Å²) in [7, 11) is -1.58. The molecule has 0 radical (unpaired) electrons. The topological polar surface area (TPSA) is 151 Å². The minimum Gasteiger partial charge on any atom is -0.368 e. The molecular formula is C39H40Cl2FN5O4S. The van der Waals surface area contributed by atoms with Gasteiger partial charge in [0.15, 0.2) is 0 Å². The molecule has 4 aromatic carbocycles. The third-order valence-electron chi connectivity index (χ3n) is 9.83. The molecular weight excluding hydrogens is 724 g/mol. The van der Waals surface area contributed by atoms with Crippen molar-refractivity contribution in [3.8, 4) is 6.07 Å². The van der Waals surface area contributed by atoms with Crippen LogP contribution in [0.3, 0.4) is 0 Å². The lowest BCUT2D eigenvalue weighted by Crippen LogP contribution is -2.42. The lowest BCUT2D eigenvalue weighted by molar-refractivity contribution is -0.118. The first-order valence-corrected chi connectivity index (χ1v) is 19.3. The van der Waals surface area contributed by atoms with E-state index in [0.717, 1.165) is 17.0 Å². The van der Waals surface area contributed by atoms with Gasteiger partial charge in [-0.3, -0.25) is 18.6 Å². The molecule has 1 fully saturated rings. The van der Waals surface area contributed by atoms with Crippen LogP contribution in [0.25, 0.3) is 10.8 Å². The molecule has 13 heteroatoms. The number of hydrogen-bond acceptors (Lipinski definition) is 6. The predicted molar refractivity (Wildman–Crippen MR) is 203 cm³/mol. The highest BCUT2D eigenvalue weighted by Crippen LogP contribution is 2.35. The predicted octanol–water partition coefficient (Wildman–Crippen LogP) is 6.54. The van der Waals surface area contributed by atoms with Gasteiger partial charge in [0.25, 0.3) is 5.91 Å². The Hall–Kier alpha value is -4.34. The minimum atomic E-state index is -1.58. The number of carbonyl (C=O) groups excluding carboxylic acids is 3. The Morgan fingerprint density at radius 1 is 1.06 bits per heavy atom. The van der Waals surface area contributed by atoms with Gasteiger partial charge in [-0.25, -0.2) is 4.39 Å². The van der Waals surface area contributed by atoms with Gasteiger partial charge < -0.3 is 21.3 Å². The second kappa shape index (κ2) is 17.0. The van der Waals surface area contributed by atoms with Crippen LogP contribution in [0.1, 0.15) is 81.0 Å². The molecule has 4 aromatic rings. The van der Waals surface area contributed by atoms with Crippen molar-refractivity contribution >= 4 is 62.5 Å². The number of likely N-dealkylation sites (tertiary alicyclic amines) is 1. The Bertz CT molecular complexity index is 2100. The smallest absolute Gasteiger partial charge is 0.255 e. The minimum absolute atomic E-state index is 0.0672. The summed E-state index contributed by atoms with van der Waals surface area (Å²) in [5, 5.41) is 12.1. The van der Waals surface area contributed by atoms with Crippen LogP contribution in [-0.4, -0.2) is 70.7 Å². The monoisotopic (exact) mass is 763 g/mol. The molecule has 1 aliphatic rings. The van der Waals surface area contributed by atoms with E-state index >= 15 is 4.39 Å². The molecule has 5 rings (SSSR count). The van der Waals surface area contributed by atoms with Crippen LogP contribution < -0.4 is 11.5 Å². The molecule has 0 spiro atoms. The number of nitrogens with zero attached hydrogens (tertiary/aromatic N) is 3. The van der Waals surface area contributed by atoms with Crippen molar-refractivity contribution < 1.29 is 23.0 Å². The molecule has 1 saturated heterocycles. The zero-order valence-electron chi connectivity index (χ0n) is 29.0. The normalized spacial score (nSPS) is 14.8. The number of carbonyl (C=O) groups is 3. The SMILES string of the molecule is CCc1c(C#N)cc2ccccc2c1C(=O)N(CC(N)=O)CC(CCN1CCC(c2cc(C(N)=O)c(S(C)=O)cc2F)CC1)c1ccc(Cl)c(Cl)c1. The molecule has 2 unspecified atom stereocenters. The maximum atomic E-state index is 15.2. The Balaban J connectivity index is 1.40. The number of halogens is 3. The van der Waals surface area contributed by atoms with Crippen molar-refractivity contribution in [2.75, 3.05) is 39.0 Å². The van der Waals surface area contributed by atoms with Crippen LogP contribution in [-0.2, 0) is 22.0 Å². The van der Waals surface area contributed by atoms with E-state index in [1.165, 1.54) is 17.2 Å². The summed E-state index contributed by atoms with van der Waals surface area (Å²) >= 11 is 12.7. The van der Waals surface area contributed by atoms with E-state index in [1.807, 2.05) is 37.3 Å². The number of primary amides is 2. The van der Waals surface area contributed by atoms with Crippen molar-refractivity contribution in [1.82, 2.24) is 9.80 Å². The van der Waals surface area contributed by atoms with Gasteiger partial charge in [0.05, 0.1) is 55.0 Å². The second-order valence-corrected chi connectivity index (χ2v) is 15.2. The lowest BCUT2D eigenvalue weighted by Gasteiger charge is -2.34. The molecule has 0 saturated carbocycles. The van der Waals surface area contributed by atoms with Gasteiger partial charge in [0, 0.05) is 18.7 Å². The van der Waals surface area contributed by atoms with Crippen molar-refractivity contribution in [2.45, 2.75) is 49.3 Å². The molecule has 4 N–H and O–H groups in total. The number of nitriles is 1. The molecule has 1 heterocycles. The zero-order valence-corrected chi connectivity index (χ0v) is 31.3. The largest absolute Gasteiger partial charge is 0.368 e. The Kier molecular flexibility index (Phi) is 12.7. The number of fused-ring (bicyclic) bond motifs is 1. The highest BCUT2D eigenvalue weighted by atomic mass is 35.5. The fourth-order valence-electron chi connectivity index (χ4n) is 7.18. The maximum absolute atomic E-state index is 15.2. The van der Waals surface area contributed by atoms with Crippen LogP contribution in [0.15, 0.2) is 65.6 Å². The molecule has 272 valence electrons. The summed E-state index contributed by atoms with van der Waals surface area (Å²) in [6.07, 6.45) is 3.62. The summed E-state index contributed by atoms with van der Waals surface area (Å²) in [4.78, 5) is 42.9. The van der Waals surface area contributed by atoms with Crippen LogP contribution in [0.2, 0.25) is 10.0 Å². The van der Waals surface area contributed by atoms with Crippen molar-refractivity contribution in [3.63, 3.8) is 0 Å². The number of benzene rings is 4. The fraction of sp³-hybridized carbons (Fsp3) is 0.333. The van der Waals surface area contributed by atoms with E-state index in [-0.39, 0.29) is 35.4 Å². The Morgan fingerprint density at radius 2 is 1.77 bits per heavy atom. The summed E-state index contributed by atoms with van der Waals surface area (Å²) in [5.41, 5.74) is 13.9. The number of hydrogen-bond donors (Lipinski definition) is 2. The van der Waals surface area contributed by atoms with Gasteiger partial charge in [-0.1, -0.05) is 60.5 Å². The van der Waals surface area contributed by atoms with Crippen LogP contribution in [0, 0.1) is 17.1 Å². The van der Waals surface area contributed by atoms with Gasteiger partial charge in [0.1, 0.15) is 5.82 Å². The number of rotatable bonds is 13. The fourth-order valence-corrected chi connectivity index (χ4v) is 8.23. The van der Waals surface area contributed by atoms with Crippen LogP contribution >= 0.6 is 23.2 Å². The van der Waals surface area contributed by atoms with Gasteiger partial charge in [0.2, 0.25) is 11.8 Å². The van der Waals surface area contributed by atoms with Gasteiger partial charge in [-0.2, -0.15) is 5.26 Å². The van der Waals surface area contributed by atoms with E-state index in [9.17, 15) is 23.9 Å². The molecule has 1 aliphatic heterocycles. The van der Waals surface area contributed by atoms with Gasteiger partial charge in [-0.15, -0.1) is 0 Å². The van der Waals surface area contributed by atoms with E-state index in [1.54, 1.807) is 18.2 Å². The molecule has 0 aromatic heterocycles. The Morgan fingerprint density at radius 3 is 2.38 bits per heavy atom. The van der Waals surface area contributed by atoms with Crippen LogP contribution in [0.5, 0.6) is 0 Å². The first-order valence-electron chi connectivity index (χ1n) is 17.0. The Labute approximate surface area is 315 Å². The zero-order chi connectivity index (χ0) is 37.7. The molecule has 3 amide bonds. The maximum Gasteiger partial charge on any atom is 0.255 e. The first-order chi connectivity index (χ1) is 24.8. The van der Waals surface area contributed by atoms with Crippen LogP contribution in [0.4, 0.5) is 4.39 Å². The lowest BCUT2D eigenvalue weighted by atomic mass is 9.87. The highest BCUT2D eigenvalue weighted by Gasteiger charge is 2.30. The van der Waals surface area contributed by atoms with Crippen molar-refractivity contribution in [3.05, 3.63) is 110 Å². The molecule has 0 bridgehead atoms. The van der Waals surface area contributed by atoms with E-state index < -0.39 is 34.3 Å². The van der Waals surface area contributed by atoms with Gasteiger partial charge >= 0.3 is 0 Å².